The van der Waals surface area contributed by atoms with Crippen LogP contribution in [-0.2, 0) is 14.3 Å². The van der Waals surface area contributed by atoms with E-state index in [9.17, 15) is 9.59 Å². The number of carbonyl (C=O) groups is 2. The van der Waals surface area contributed by atoms with E-state index in [1.54, 1.807) is 16.7 Å². The number of hydrogen-bond acceptors (Lipinski definition) is 4. The molecule has 0 aliphatic carbocycles. The summed E-state index contributed by atoms with van der Waals surface area (Å²) in [5, 5.41) is 3.01. The first-order valence-corrected chi connectivity index (χ1v) is 8.46. The van der Waals surface area contributed by atoms with Crippen LogP contribution >= 0.6 is 11.8 Å². The third-order valence-electron chi connectivity index (χ3n) is 4.04. The Kier molecular flexibility index (Phi) is 5.32. The molecule has 2 aliphatic rings. The van der Waals surface area contributed by atoms with E-state index in [0.717, 1.165) is 12.8 Å². The zero-order chi connectivity index (χ0) is 14.7. The average Bonchev–Trinajstić information content (AvgIpc) is 3.08. The Balaban J connectivity index is 1.95. The second kappa shape index (κ2) is 6.80. The lowest BCUT2D eigenvalue weighted by Crippen LogP contribution is -2.52. The minimum atomic E-state index is -0.349. The zero-order valence-corrected chi connectivity index (χ0v) is 13.2. The van der Waals surface area contributed by atoms with E-state index < -0.39 is 0 Å². The third kappa shape index (κ3) is 3.47. The average molecular weight is 300 g/mol. The molecule has 0 aromatic heterocycles. The molecule has 2 aliphatic heterocycles. The van der Waals surface area contributed by atoms with Gasteiger partial charge in [0.05, 0.1) is 5.88 Å². The van der Waals surface area contributed by atoms with Crippen LogP contribution in [0.1, 0.15) is 33.6 Å². The van der Waals surface area contributed by atoms with Crippen LogP contribution in [0.15, 0.2) is 0 Å². The Bertz CT molecular complexity index is 369. The van der Waals surface area contributed by atoms with E-state index in [1.807, 2.05) is 6.92 Å². The van der Waals surface area contributed by atoms with Crippen LogP contribution in [0.3, 0.4) is 0 Å². The van der Waals surface area contributed by atoms with Gasteiger partial charge in [-0.15, -0.1) is 11.8 Å². The maximum absolute atomic E-state index is 12.4. The summed E-state index contributed by atoms with van der Waals surface area (Å²) in [6.45, 7) is 6.79. The minimum absolute atomic E-state index is 0.0233. The molecule has 3 atom stereocenters. The van der Waals surface area contributed by atoms with Gasteiger partial charge in [0.25, 0.3) is 5.91 Å². The van der Waals surface area contributed by atoms with Crippen molar-refractivity contribution in [3.05, 3.63) is 0 Å². The normalized spacial score (nSPS) is 27.9. The summed E-state index contributed by atoms with van der Waals surface area (Å²) in [6.07, 6.45) is 1.36. The molecule has 3 unspecified atom stereocenters. The van der Waals surface area contributed by atoms with E-state index in [0.29, 0.717) is 24.2 Å². The van der Waals surface area contributed by atoms with Crippen molar-refractivity contribution in [1.29, 1.82) is 0 Å². The monoisotopic (exact) mass is 300 g/mol. The summed E-state index contributed by atoms with van der Waals surface area (Å²) >= 11 is 1.63. The number of thioether (sulfide) groups is 1. The van der Waals surface area contributed by atoms with Crippen LogP contribution in [0, 0.1) is 5.92 Å². The van der Waals surface area contributed by atoms with Gasteiger partial charge in [0.1, 0.15) is 12.1 Å². The fraction of sp³-hybridized carbons (Fsp3) is 0.857. The molecular formula is C14H24N2O3S. The Labute approximate surface area is 124 Å². The van der Waals surface area contributed by atoms with Gasteiger partial charge in [0, 0.05) is 18.4 Å². The first kappa shape index (κ1) is 15.6. The zero-order valence-electron chi connectivity index (χ0n) is 12.4. The van der Waals surface area contributed by atoms with Crippen LogP contribution in [0.2, 0.25) is 0 Å². The van der Waals surface area contributed by atoms with Crippen LogP contribution in [-0.4, -0.2) is 53.1 Å². The fourth-order valence-electron chi connectivity index (χ4n) is 2.32. The Morgan fingerprint density at radius 3 is 2.70 bits per heavy atom. The van der Waals surface area contributed by atoms with Gasteiger partial charge in [-0.1, -0.05) is 13.8 Å². The Morgan fingerprint density at radius 2 is 2.10 bits per heavy atom. The highest BCUT2D eigenvalue weighted by molar-refractivity contribution is 7.99. The molecule has 0 radical (unpaired) electrons. The smallest absolute Gasteiger partial charge is 0.253 e. The number of hydrogen-bond donors (Lipinski definition) is 1. The molecule has 2 heterocycles. The van der Waals surface area contributed by atoms with E-state index in [4.69, 9.17) is 4.74 Å². The van der Waals surface area contributed by atoms with Crippen LogP contribution in [0.4, 0.5) is 0 Å². The van der Waals surface area contributed by atoms with E-state index >= 15 is 0 Å². The molecule has 6 heteroatoms. The highest BCUT2D eigenvalue weighted by atomic mass is 32.2. The molecule has 0 spiro atoms. The van der Waals surface area contributed by atoms with Gasteiger partial charge in [-0.3, -0.25) is 9.59 Å². The molecule has 2 saturated heterocycles. The summed E-state index contributed by atoms with van der Waals surface area (Å²) < 4.78 is 5.44. The van der Waals surface area contributed by atoms with Gasteiger partial charge in [0.15, 0.2) is 0 Å². The highest BCUT2D eigenvalue weighted by Gasteiger charge is 2.39. The molecule has 0 aromatic carbocycles. The molecule has 2 rings (SSSR count). The van der Waals surface area contributed by atoms with Crippen molar-refractivity contribution < 1.29 is 14.3 Å². The molecule has 2 fully saturated rings. The molecule has 0 aromatic rings. The van der Waals surface area contributed by atoms with Gasteiger partial charge in [0.2, 0.25) is 5.91 Å². The number of rotatable bonds is 4. The second-order valence-corrected chi connectivity index (χ2v) is 6.87. The number of carbonyl (C=O) groups excluding carboxylic acids is 2. The van der Waals surface area contributed by atoms with Crippen molar-refractivity contribution in [3.63, 3.8) is 0 Å². The van der Waals surface area contributed by atoms with Crippen molar-refractivity contribution in [2.24, 2.45) is 5.92 Å². The van der Waals surface area contributed by atoms with Gasteiger partial charge < -0.3 is 15.0 Å². The number of nitrogens with one attached hydrogen (secondary N) is 1. The first-order chi connectivity index (χ1) is 9.50. The predicted molar refractivity (Wildman–Crippen MR) is 79.4 cm³/mol. The third-order valence-corrected chi connectivity index (χ3v) is 5.06. The van der Waals surface area contributed by atoms with Crippen LogP contribution in [0.25, 0.3) is 0 Å². The van der Waals surface area contributed by atoms with Crippen molar-refractivity contribution in [1.82, 2.24) is 10.2 Å². The molecule has 0 saturated carbocycles. The molecule has 114 valence electrons. The van der Waals surface area contributed by atoms with Crippen LogP contribution < -0.4 is 5.32 Å². The van der Waals surface area contributed by atoms with Crippen LogP contribution in [0.5, 0.6) is 0 Å². The quantitative estimate of drug-likeness (QED) is 0.848. The molecule has 1 N–H and O–H groups in total. The number of nitrogens with zero attached hydrogens (tertiary/aromatic N) is 1. The lowest BCUT2D eigenvalue weighted by Gasteiger charge is -2.27. The molecular weight excluding hydrogens is 276 g/mol. The fourth-order valence-corrected chi connectivity index (χ4v) is 3.49. The lowest BCUT2D eigenvalue weighted by molar-refractivity contribution is -0.145. The highest BCUT2D eigenvalue weighted by Crippen LogP contribution is 2.25. The largest absolute Gasteiger partial charge is 0.368 e. The van der Waals surface area contributed by atoms with E-state index in [1.165, 1.54) is 0 Å². The molecule has 5 nitrogen and oxygen atoms in total. The molecule has 20 heavy (non-hydrogen) atoms. The van der Waals surface area contributed by atoms with Gasteiger partial charge in [-0.25, -0.2) is 0 Å². The van der Waals surface area contributed by atoms with E-state index in [-0.39, 0.29) is 30.0 Å². The predicted octanol–water partition coefficient (Wildman–Crippen LogP) is 1.23. The number of amides is 2. The summed E-state index contributed by atoms with van der Waals surface area (Å²) in [6, 6.07) is -0.231. The van der Waals surface area contributed by atoms with E-state index in [2.05, 4.69) is 19.2 Å². The summed E-state index contributed by atoms with van der Waals surface area (Å²) in [5.41, 5.74) is 0. The Morgan fingerprint density at radius 1 is 1.35 bits per heavy atom. The summed E-state index contributed by atoms with van der Waals surface area (Å²) in [4.78, 5) is 26.4. The van der Waals surface area contributed by atoms with Crippen molar-refractivity contribution in [2.75, 3.05) is 18.2 Å². The number of ether oxygens (including phenoxy) is 1. The molecule has 0 bridgehead atoms. The standard InChI is InChI=1S/C14H24N2O3S/c1-9(2)10(3)15-13(17)11-7-20-8-16(11)14(18)12-5-4-6-19-12/h9-12H,4-8H2,1-3H3,(H,15,17). The summed E-state index contributed by atoms with van der Waals surface area (Å²) in [7, 11) is 0. The summed E-state index contributed by atoms with van der Waals surface area (Å²) in [5.74, 6) is 1.59. The van der Waals surface area contributed by atoms with Crippen molar-refractivity contribution in [3.8, 4) is 0 Å². The van der Waals surface area contributed by atoms with Gasteiger partial charge >= 0.3 is 0 Å². The van der Waals surface area contributed by atoms with Gasteiger partial charge in [-0.2, -0.15) is 0 Å². The molecule has 2 amide bonds. The second-order valence-electron chi connectivity index (χ2n) is 5.87. The maximum atomic E-state index is 12.4. The van der Waals surface area contributed by atoms with Gasteiger partial charge in [-0.05, 0) is 25.7 Å². The topological polar surface area (TPSA) is 58.6 Å². The SMILES string of the molecule is CC(C)C(C)NC(=O)C1CSCN1C(=O)C1CCCO1. The first-order valence-electron chi connectivity index (χ1n) is 7.31. The van der Waals surface area contributed by atoms with Crippen molar-refractivity contribution >= 4 is 23.6 Å². The lowest BCUT2D eigenvalue weighted by atomic mass is 10.1. The maximum Gasteiger partial charge on any atom is 0.253 e. The van der Waals surface area contributed by atoms with Crippen molar-refractivity contribution in [2.45, 2.75) is 51.8 Å². The Hall–Kier alpha value is -0.750. The minimum Gasteiger partial charge on any atom is -0.368 e.